The minimum absolute atomic E-state index is 0.211. The van der Waals surface area contributed by atoms with Gasteiger partial charge in [0.25, 0.3) is 0 Å². The van der Waals surface area contributed by atoms with E-state index in [1.807, 2.05) is 0 Å². The van der Waals surface area contributed by atoms with Crippen LogP contribution in [0.15, 0.2) is 0 Å². The van der Waals surface area contributed by atoms with E-state index in [1.165, 1.54) is 135 Å². The number of hydrogen-bond acceptors (Lipinski definition) is 3. The molecule has 0 heterocycles. The number of rotatable bonds is 28. The molecule has 0 aliphatic carbocycles. The van der Waals surface area contributed by atoms with E-state index >= 15 is 0 Å². The lowest BCUT2D eigenvalue weighted by Crippen LogP contribution is -2.17. The predicted molar refractivity (Wildman–Crippen MR) is 160 cm³/mol. The molecule has 210 valence electrons. The summed E-state index contributed by atoms with van der Waals surface area (Å²) in [6.07, 6.45) is 32.3. The van der Waals surface area contributed by atoms with Crippen LogP contribution in [0.4, 0.5) is 0 Å². The molecule has 0 radical (unpaired) electrons. The molecule has 0 aromatic carbocycles. The fraction of sp³-hybridized carbons (Fsp3) is 0.964. The third-order valence-electron chi connectivity index (χ3n) is 6.86. The lowest BCUT2D eigenvalue weighted by molar-refractivity contribution is 0.166. The monoisotopic (exact) mass is 552 g/mol. The third kappa shape index (κ3) is 29.0. The molecule has 0 aliphatic heterocycles. The highest BCUT2D eigenvalue weighted by Crippen LogP contribution is 2.39. The van der Waals surface area contributed by atoms with E-state index in [1.54, 1.807) is 0 Å². The highest BCUT2D eigenvalue weighted by atomic mass is 32.1. The van der Waals surface area contributed by atoms with Gasteiger partial charge >= 0.3 is 7.82 Å². The van der Waals surface area contributed by atoms with Crippen molar-refractivity contribution in [1.29, 1.82) is 0 Å². The quantitative estimate of drug-likeness (QED) is 0.0390. The van der Waals surface area contributed by atoms with E-state index in [4.69, 9.17) is 26.5 Å². The van der Waals surface area contributed by atoms with E-state index in [0.29, 0.717) is 6.42 Å². The molecule has 4 nitrogen and oxygen atoms in total. The third-order valence-corrected chi connectivity index (χ3v) is 7.94. The Morgan fingerprint density at radius 2 is 0.886 bits per heavy atom. The summed E-state index contributed by atoms with van der Waals surface area (Å²) in [6, 6.07) is 0. The largest absolute Gasteiger partial charge is 0.470 e. The Morgan fingerprint density at radius 3 is 1.11 bits per heavy atom. The number of thiol groups is 1. The maximum Gasteiger partial charge on any atom is 0.470 e. The molecular formula is C28H57O4PS2. The molecule has 0 aliphatic rings. The zero-order chi connectivity index (χ0) is 26.0. The highest BCUT2D eigenvalue weighted by molar-refractivity contribution is 8.11. The minimum atomic E-state index is -4.51. The number of thiocarbonyl (C=S) groups is 1. The molecule has 0 aromatic heterocycles. The maximum atomic E-state index is 11.0. The van der Waals surface area contributed by atoms with Gasteiger partial charge in [-0.25, -0.2) is 4.57 Å². The SMILES string of the molecule is CCCCCCCCCCCCCCCCCCCCCCCCCCC(OP(=O)(O)O)C(=S)S. The first-order valence-electron chi connectivity index (χ1n) is 14.8. The van der Waals surface area contributed by atoms with Crippen LogP contribution in [0.25, 0.3) is 0 Å². The average Bonchev–Trinajstić information content (AvgIpc) is 2.80. The summed E-state index contributed by atoms with van der Waals surface area (Å²) in [5.74, 6) is 0. The molecule has 7 heteroatoms. The molecular weight excluding hydrogens is 495 g/mol. The van der Waals surface area contributed by atoms with E-state index in [0.717, 1.165) is 19.3 Å². The van der Waals surface area contributed by atoms with Crippen LogP contribution < -0.4 is 0 Å². The van der Waals surface area contributed by atoms with Crippen LogP contribution in [0.5, 0.6) is 0 Å². The van der Waals surface area contributed by atoms with Gasteiger partial charge in [-0.05, 0) is 6.42 Å². The van der Waals surface area contributed by atoms with E-state index in [2.05, 4.69) is 19.6 Å². The summed E-state index contributed by atoms with van der Waals surface area (Å²) in [6.45, 7) is 2.29. The fourth-order valence-corrected chi connectivity index (χ4v) is 5.72. The molecule has 0 saturated carbocycles. The lowest BCUT2D eigenvalue weighted by atomic mass is 10.0. The maximum absolute atomic E-state index is 11.0. The van der Waals surface area contributed by atoms with Gasteiger partial charge in [-0.1, -0.05) is 173 Å². The van der Waals surface area contributed by atoms with Gasteiger partial charge in [0.05, 0.1) is 4.20 Å². The lowest BCUT2D eigenvalue weighted by Gasteiger charge is -2.16. The summed E-state index contributed by atoms with van der Waals surface area (Å²) in [7, 11) is -4.51. The summed E-state index contributed by atoms with van der Waals surface area (Å²) in [5, 5.41) is 0. The zero-order valence-corrected chi connectivity index (χ0v) is 25.4. The van der Waals surface area contributed by atoms with Crippen molar-refractivity contribution in [2.45, 2.75) is 174 Å². The Labute approximate surface area is 228 Å². The van der Waals surface area contributed by atoms with Crippen LogP contribution in [-0.2, 0) is 9.09 Å². The molecule has 0 saturated heterocycles. The number of phosphoric acid groups is 1. The van der Waals surface area contributed by atoms with E-state index < -0.39 is 13.9 Å². The molecule has 0 fully saturated rings. The van der Waals surface area contributed by atoms with Gasteiger partial charge in [-0.2, -0.15) is 0 Å². The number of unbranched alkanes of at least 4 members (excludes halogenated alkanes) is 23. The Morgan fingerprint density at radius 1 is 0.629 bits per heavy atom. The van der Waals surface area contributed by atoms with Crippen molar-refractivity contribution in [2.75, 3.05) is 0 Å². The van der Waals surface area contributed by atoms with Crippen molar-refractivity contribution >= 4 is 36.9 Å². The molecule has 0 spiro atoms. The van der Waals surface area contributed by atoms with E-state index in [-0.39, 0.29) is 4.20 Å². The van der Waals surface area contributed by atoms with Gasteiger partial charge in [-0.15, -0.1) is 12.6 Å². The first-order chi connectivity index (χ1) is 16.9. The van der Waals surface area contributed by atoms with Gasteiger partial charge in [0, 0.05) is 0 Å². The summed E-state index contributed by atoms with van der Waals surface area (Å²) >= 11 is 8.94. The van der Waals surface area contributed by atoms with Crippen LogP contribution in [0.3, 0.4) is 0 Å². The molecule has 0 bridgehead atoms. The summed E-state index contributed by atoms with van der Waals surface area (Å²) in [5.41, 5.74) is 0. The predicted octanol–water partition coefficient (Wildman–Crippen LogP) is 10.5. The van der Waals surface area contributed by atoms with Gasteiger partial charge in [-0.3, -0.25) is 4.52 Å². The van der Waals surface area contributed by atoms with Crippen LogP contribution in [0.1, 0.15) is 167 Å². The summed E-state index contributed by atoms with van der Waals surface area (Å²) in [4.78, 5) is 17.8. The summed E-state index contributed by atoms with van der Waals surface area (Å²) < 4.78 is 15.9. The van der Waals surface area contributed by atoms with Gasteiger partial charge in [0.2, 0.25) is 0 Å². The van der Waals surface area contributed by atoms with Crippen LogP contribution >= 0.6 is 32.7 Å². The topological polar surface area (TPSA) is 66.8 Å². The van der Waals surface area contributed by atoms with Crippen molar-refractivity contribution in [3.05, 3.63) is 0 Å². The number of phosphoric ester groups is 1. The standard InChI is InChI=1S/C28H57O4PS2/c1-2-3-4-5-6-7-8-9-10-11-12-13-14-15-16-17-18-19-20-21-22-23-24-25-26-27(28(34)35)32-33(29,30)31/h27H,2-26H2,1H3,(H,34,35)(H2,29,30,31). The fourth-order valence-electron chi connectivity index (χ4n) is 4.68. The molecule has 1 unspecified atom stereocenters. The normalized spacial score (nSPS) is 12.8. The van der Waals surface area contributed by atoms with E-state index in [9.17, 15) is 4.57 Å². The van der Waals surface area contributed by atoms with Gasteiger partial charge in [0.15, 0.2) is 0 Å². The molecule has 2 N–H and O–H groups in total. The Balaban J connectivity index is 3.23. The molecule has 35 heavy (non-hydrogen) atoms. The second-order valence-corrected chi connectivity index (χ2v) is 12.8. The minimum Gasteiger partial charge on any atom is -0.303 e. The van der Waals surface area contributed by atoms with Crippen molar-refractivity contribution in [3.63, 3.8) is 0 Å². The molecule has 0 aromatic rings. The molecule has 1 atom stereocenters. The van der Waals surface area contributed by atoms with Gasteiger partial charge in [0.1, 0.15) is 6.10 Å². The van der Waals surface area contributed by atoms with Crippen molar-refractivity contribution in [3.8, 4) is 0 Å². The first-order valence-corrected chi connectivity index (χ1v) is 17.2. The van der Waals surface area contributed by atoms with Crippen molar-refractivity contribution in [1.82, 2.24) is 0 Å². The molecule has 0 amide bonds. The first kappa shape index (κ1) is 35.5. The smallest absolute Gasteiger partial charge is 0.303 e. The average molecular weight is 553 g/mol. The van der Waals surface area contributed by atoms with Crippen molar-refractivity contribution in [2.24, 2.45) is 0 Å². The van der Waals surface area contributed by atoms with Crippen LogP contribution in [0, 0.1) is 0 Å². The Bertz CT molecular complexity index is 513. The highest BCUT2D eigenvalue weighted by Gasteiger charge is 2.23. The number of hydrogen-bond donors (Lipinski definition) is 3. The van der Waals surface area contributed by atoms with Crippen molar-refractivity contribution < 1.29 is 18.9 Å². The second kappa shape index (κ2) is 26.2. The Hall–Kier alpha value is 0.550. The zero-order valence-electron chi connectivity index (χ0n) is 22.8. The van der Waals surface area contributed by atoms with Crippen LogP contribution in [0.2, 0.25) is 0 Å². The van der Waals surface area contributed by atoms with Gasteiger partial charge < -0.3 is 9.79 Å². The Kier molecular flexibility index (Phi) is 26.6. The second-order valence-electron chi connectivity index (χ2n) is 10.3. The molecule has 0 rings (SSSR count). The van der Waals surface area contributed by atoms with Crippen LogP contribution in [-0.4, -0.2) is 20.1 Å².